The van der Waals surface area contributed by atoms with Crippen molar-refractivity contribution in [3.05, 3.63) is 64.7 Å². The van der Waals surface area contributed by atoms with E-state index in [-0.39, 0.29) is 17.9 Å². The minimum absolute atomic E-state index is 0.164. The summed E-state index contributed by atoms with van der Waals surface area (Å²) in [7, 11) is 0. The molecular formula is C27H33N3O4. The molecule has 0 radical (unpaired) electrons. The highest BCUT2D eigenvalue weighted by molar-refractivity contribution is 5.98. The number of carbonyl (C=O) groups excluding carboxylic acids is 2. The van der Waals surface area contributed by atoms with Gasteiger partial charge in [0.1, 0.15) is 5.75 Å². The Morgan fingerprint density at radius 1 is 1.00 bits per heavy atom. The molecule has 1 atom stereocenters. The largest absolute Gasteiger partial charge is 0.493 e. The Kier molecular flexibility index (Phi) is 7.23. The van der Waals surface area contributed by atoms with Crippen LogP contribution >= 0.6 is 0 Å². The fraction of sp³-hybridized carbons (Fsp3) is 0.481. The van der Waals surface area contributed by atoms with Crippen LogP contribution in [0.4, 0.5) is 0 Å². The monoisotopic (exact) mass is 463 g/mol. The van der Waals surface area contributed by atoms with Crippen LogP contribution in [0.5, 0.6) is 5.75 Å². The second kappa shape index (κ2) is 10.7. The summed E-state index contributed by atoms with van der Waals surface area (Å²) in [6.45, 7) is 6.61. The maximum Gasteiger partial charge on any atom is 0.243 e. The van der Waals surface area contributed by atoms with E-state index in [4.69, 9.17) is 9.47 Å². The molecule has 3 aliphatic rings. The van der Waals surface area contributed by atoms with Gasteiger partial charge in [0.25, 0.3) is 0 Å². The van der Waals surface area contributed by atoms with E-state index < -0.39 is 0 Å². The zero-order chi connectivity index (χ0) is 23.3. The van der Waals surface area contributed by atoms with Crippen LogP contribution in [0.2, 0.25) is 0 Å². The summed E-state index contributed by atoms with van der Waals surface area (Å²) in [6, 6.07) is 14.7. The number of nitrogens with zero attached hydrogens (tertiary/aromatic N) is 2. The van der Waals surface area contributed by atoms with Gasteiger partial charge in [-0.1, -0.05) is 36.4 Å². The third-order valence-corrected chi connectivity index (χ3v) is 7.03. The van der Waals surface area contributed by atoms with Gasteiger partial charge >= 0.3 is 0 Å². The van der Waals surface area contributed by atoms with Crippen molar-refractivity contribution >= 4 is 11.8 Å². The minimum atomic E-state index is -0.261. The number of morpholine rings is 1. The summed E-state index contributed by atoms with van der Waals surface area (Å²) in [5.74, 6) is 0.561. The molecule has 5 rings (SSSR count). The molecule has 2 aromatic rings. The van der Waals surface area contributed by atoms with E-state index in [0.29, 0.717) is 32.5 Å². The van der Waals surface area contributed by atoms with Gasteiger partial charge in [-0.2, -0.15) is 0 Å². The Hall–Kier alpha value is -2.74. The molecule has 0 aliphatic carbocycles. The van der Waals surface area contributed by atoms with Gasteiger partial charge in [0.2, 0.25) is 11.8 Å². The van der Waals surface area contributed by atoms with Gasteiger partial charge in [-0.25, -0.2) is 0 Å². The van der Waals surface area contributed by atoms with Crippen LogP contribution in [-0.2, 0) is 40.4 Å². The molecule has 7 nitrogen and oxygen atoms in total. The number of amides is 2. The van der Waals surface area contributed by atoms with E-state index in [1.54, 1.807) is 0 Å². The van der Waals surface area contributed by atoms with Crippen molar-refractivity contribution in [1.29, 1.82) is 0 Å². The molecule has 2 aromatic carbocycles. The van der Waals surface area contributed by atoms with E-state index in [1.165, 1.54) is 16.7 Å². The third kappa shape index (κ3) is 5.49. The highest BCUT2D eigenvalue weighted by Gasteiger charge is 2.34. The average Bonchev–Trinajstić information content (AvgIpc) is 3.20. The highest BCUT2D eigenvalue weighted by Crippen LogP contribution is 2.33. The summed E-state index contributed by atoms with van der Waals surface area (Å²) in [6.07, 6.45) is 2.72. The van der Waals surface area contributed by atoms with Gasteiger partial charge in [0.15, 0.2) is 0 Å². The lowest BCUT2D eigenvalue weighted by Gasteiger charge is -2.26. The smallest absolute Gasteiger partial charge is 0.243 e. The van der Waals surface area contributed by atoms with Gasteiger partial charge in [0, 0.05) is 51.1 Å². The van der Waals surface area contributed by atoms with E-state index in [0.717, 1.165) is 57.0 Å². The standard InChI is InChI=1S/C27H33N3O4/c31-26-6-2-4-24(27(32)28-26)30-18-22-3-1-5-25(23(22)19-30)34-14-11-20-7-9-21(10-8-20)17-29-12-15-33-16-13-29/h1,3,5,7-10,24H,2,4,6,11-19H2,(H,28,31,32)/t24-/m0/s1. The summed E-state index contributed by atoms with van der Waals surface area (Å²) in [5.41, 5.74) is 4.96. The number of nitrogens with one attached hydrogen (secondary N) is 1. The first kappa shape index (κ1) is 23.0. The summed E-state index contributed by atoms with van der Waals surface area (Å²) in [5, 5.41) is 2.53. The Bertz CT molecular complexity index is 1020. The van der Waals surface area contributed by atoms with Gasteiger partial charge < -0.3 is 9.47 Å². The lowest BCUT2D eigenvalue weighted by atomic mass is 10.1. The maximum absolute atomic E-state index is 12.5. The van der Waals surface area contributed by atoms with Gasteiger partial charge in [-0.05, 0) is 35.6 Å². The molecule has 2 saturated heterocycles. The molecule has 3 heterocycles. The molecule has 0 bridgehead atoms. The second-order valence-electron chi connectivity index (χ2n) is 9.42. The molecule has 180 valence electrons. The van der Waals surface area contributed by atoms with Gasteiger partial charge in [-0.3, -0.25) is 24.7 Å². The second-order valence-corrected chi connectivity index (χ2v) is 9.42. The van der Waals surface area contributed by atoms with Crippen LogP contribution < -0.4 is 10.1 Å². The van der Waals surface area contributed by atoms with Crippen LogP contribution in [0.3, 0.4) is 0 Å². The van der Waals surface area contributed by atoms with Gasteiger partial charge in [-0.15, -0.1) is 0 Å². The van der Waals surface area contributed by atoms with Crippen LogP contribution in [0.1, 0.15) is 41.5 Å². The van der Waals surface area contributed by atoms with E-state index in [1.807, 2.05) is 12.1 Å². The van der Waals surface area contributed by atoms with Crippen molar-refractivity contribution in [3.63, 3.8) is 0 Å². The molecule has 34 heavy (non-hydrogen) atoms. The highest BCUT2D eigenvalue weighted by atomic mass is 16.5. The van der Waals surface area contributed by atoms with Crippen molar-refractivity contribution in [2.45, 2.75) is 51.4 Å². The predicted molar refractivity (Wildman–Crippen MR) is 128 cm³/mol. The third-order valence-electron chi connectivity index (χ3n) is 7.03. The number of hydrogen-bond acceptors (Lipinski definition) is 6. The molecule has 2 amide bonds. The summed E-state index contributed by atoms with van der Waals surface area (Å²) in [4.78, 5) is 28.8. The number of hydrogen-bond donors (Lipinski definition) is 1. The number of fused-ring (bicyclic) bond motifs is 1. The number of rotatable bonds is 7. The number of ether oxygens (including phenoxy) is 2. The molecule has 2 fully saturated rings. The lowest BCUT2D eigenvalue weighted by Crippen LogP contribution is -2.44. The fourth-order valence-corrected chi connectivity index (χ4v) is 5.10. The first-order valence-corrected chi connectivity index (χ1v) is 12.3. The molecule has 1 N–H and O–H groups in total. The first-order chi connectivity index (χ1) is 16.7. The molecule has 0 unspecified atom stereocenters. The van der Waals surface area contributed by atoms with Crippen LogP contribution in [0, 0.1) is 0 Å². The first-order valence-electron chi connectivity index (χ1n) is 12.3. The summed E-state index contributed by atoms with van der Waals surface area (Å²) >= 11 is 0. The van der Waals surface area contributed by atoms with Crippen LogP contribution in [0.25, 0.3) is 0 Å². The molecule has 7 heteroatoms. The van der Waals surface area contributed by atoms with Crippen molar-refractivity contribution in [3.8, 4) is 5.75 Å². The van der Waals surface area contributed by atoms with Crippen LogP contribution in [0.15, 0.2) is 42.5 Å². The SMILES string of the molecule is O=C1CCC[C@H](N2Cc3cccc(OCCc4ccc(CN5CCOCC5)cc4)c3C2)C(=O)N1. The van der Waals surface area contributed by atoms with Crippen molar-refractivity contribution in [1.82, 2.24) is 15.1 Å². The van der Waals surface area contributed by atoms with Crippen molar-refractivity contribution in [2.24, 2.45) is 0 Å². The zero-order valence-corrected chi connectivity index (χ0v) is 19.6. The van der Waals surface area contributed by atoms with E-state index >= 15 is 0 Å². The molecule has 3 aliphatic heterocycles. The predicted octanol–water partition coefficient (Wildman–Crippen LogP) is 2.65. The quantitative estimate of drug-likeness (QED) is 0.637. The molecule has 0 saturated carbocycles. The van der Waals surface area contributed by atoms with Crippen LogP contribution in [-0.4, -0.2) is 60.6 Å². The number of carbonyl (C=O) groups is 2. The summed E-state index contributed by atoms with van der Waals surface area (Å²) < 4.78 is 11.6. The normalized spacial score (nSPS) is 21.7. The number of benzene rings is 2. The van der Waals surface area contributed by atoms with Crippen molar-refractivity contribution < 1.29 is 19.1 Å². The van der Waals surface area contributed by atoms with Gasteiger partial charge in [0.05, 0.1) is 25.9 Å². The topological polar surface area (TPSA) is 71.1 Å². The lowest BCUT2D eigenvalue weighted by molar-refractivity contribution is -0.132. The molecule has 0 aromatic heterocycles. The van der Waals surface area contributed by atoms with E-state index in [9.17, 15) is 9.59 Å². The van der Waals surface area contributed by atoms with Crippen molar-refractivity contribution in [2.75, 3.05) is 32.9 Å². The fourth-order valence-electron chi connectivity index (χ4n) is 5.10. The average molecular weight is 464 g/mol. The maximum atomic E-state index is 12.5. The minimum Gasteiger partial charge on any atom is -0.493 e. The Morgan fingerprint density at radius 2 is 1.79 bits per heavy atom. The number of imide groups is 1. The molecule has 0 spiro atoms. The van der Waals surface area contributed by atoms with E-state index in [2.05, 4.69) is 45.4 Å². The molecular weight excluding hydrogens is 430 g/mol. The zero-order valence-electron chi connectivity index (χ0n) is 19.6. The Morgan fingerprint density at radius 3 is 2.62 bits per heavy atom. The Balaban J connectivity index is 1.15. The Labute approximate surface area is 201 Å².